The first-order valence-electron chi connectivity index (χ1n) is 5.00. The Kier molecular flexibility index (Phi) is 4.19. The van der Waals surface area contributed by atoms with Gasteiger partial charge in [0.1, 0.15) is 11.6 Å². The molecule has 0 atom stereocenters. The summed E-state index contributed by atoms with van der Waals surface area (Å²) in [5.41, 5.74) is 6.44. The van der Waals surface area contributed by atoms with E-state index in [0.717, 1.165) is 5.69 Å². The van der Waals surface area contributed by atoms with Gasteiger partial charge in [0.2, 0.25) is 5.91 Å². The smallest absolute Gasteiger partial charge is 0.233 e. The number of nitrogen functional groups attached to an aromatic ring is 1. The molecule has 0 aliphatic rings. The Morgan fingerprint density at radius 1 is 1.56 bits per heavy atom. The van der Waals surface area contributed by atoms with Gasteiger partial charge in [0.25, 0.3) is 0 Å². The normalized spacial score (nSPS) is 10.5. The molecule has 6 nitrogen and oxygen atoms in total. The Labute approximate surface area is 94.9 Å². The van der Waals surface area contributed by atoms with Gasteiger partial charge in [-0.15, -0.1) is 0 Å². The van der Waals surface area contributed by atoms with Crippen LogP contribution in [0.1, 0.15) is 11.5 Å². The van der Waals surface area contributed by atoms with Crippen molar-refractivity contribution in [3.8, 4) is 0 Å². The molecule has 0 aliphatic heterocycles. The van der Waals surface area contributed by atoms with Gasteiger partial charge in [0.05, 0.1) is 13.1 Å². The molecule has 0 radical (unpaired) electrons. The van der Waals surface area contributed by atoms with E-state index in [1.54, 1.807) is 13.1 Å². The summed E-state index contributed by atoms with van der Waals surface area (Å²) in [5, 5.41) is 2.56. The molecule has 0 fully saturated rings. The third kappa shape index (κ3) is 3.82. The minimum atomic E-state index is -0.0388. The molecule has 0 unspecified atom stereocenters. The van der Waals surface area contributed by atoms with Gasteiger partial charge in [0, 0.05) is 18.8 Å². The molecule has 16 heavy (non-hydrogen) atoms. The van der Waals surface area contributed by atoms with Crippen molar-refractivity contribution in [3.63, 3.8) is 0 Å². The Balaban J connectivity index is 2.62. The van der Waals surface area contributed by atoms with Crippen LogP contribution in [0.3, 0.4) is 0 Å². The van der Waals surface area contributed by atoms with Crippen molar-refractivity contribution in [2.45, 2.75) is 13.5 Å². The van der Waals surface area contributed by atoms with Gasteiger partial charge in [-0.2, -0.15) is 0 Å². The quantitative estimate of drug-likeness (QED) is 0.722. The Bertz CT molecular complexity index is 359. The lowest BCUT2D eigenvalue weighted by Gasteiger charge is -2.14. The summed E-state index contributed by atoms with van der Waals surface area (Å²) in [6.07, 6.45) is 0. The second-order valence-corrected chi connectivity index (χ2v) is 3.70. The number of carbonyl (C=O) groups excluding carboxylic acids is 1. The van der Waals surface area contributed by atoms with Crippen LogP contribution in [0, 0.1) is 6.92 Å². The maximum atomic E-state index is 11.1. The zero-order valence-electron chi connectivity index (χ0n) is 9.82. The number of aryl methyl sites for hydroxylation is 1. The number of aromatic nitrogens is 2. The maximum Gasteiger partial charge on any atom is 0.233 e. The Morgan fingerprint density at radius 3 is 2.81 bits per heavy atom. The molecule has 0 aromatic carbocycles. The summed E-state index contributed by atoms with van der Waals surface area (Å²) in [7, 11) is 3.44. The van der Waals surface area contributed by atoms with Gasteiger partial charge in [0.15, 0.2) is 0 Å². The first kappa shape index (κ1) is 12.4. The number of carbonyl (C=O) groups is 1. The third-order valence-corrected chi connectivity index (χ3v) is 2.02. The van der Waals surface area contributed by atoms with Gasteiger partial charge < -0.3 is 11.1 Å². The molecule has 0 aliphatic carbocycles. The van der Waals surface area contributed by atoms with E-state index in [1.807, 2.05) is 18.9 Å². The molecule has 1 amide bonds. The average Bonchev–Trinajstić information content (AvgIpc) is 2.15. The molecule has 1 heterocycles. The molecule has 0 bridgehead atoms. The van der Waals surface area contributed by atoms with Crippen LogP contribution in [0.25, 0.3) is 0 Å². The molecular formula is C10H17N5O. The van der Waals surface area contributed by atoms with Crippen LogP contribution in [0.15, 0.2) is 6.07 Å². The Morgan fingerprint density at radius 2 is 2.25 bits per heavy atom. The van der Waals surface area contributed by atoms with Crippen LogP contribution in [-0.2, 0) is 11.3 Å². The monoisotopic (exact) mass is 223 g/mol. The number of likely N-dealkylation sites (N-methyl/N-ethyl adjacent to an activating group) is 2. The minimum absolute atomic E-state index is 0.0388. The minimum Gasteiger partial charge on any atom is -0.384 e. The number of nitrogens with zero attached hydrogens (tertiary/aromatic N) is 3. The van der Waals surface area contributed by atoms with E-state index < -0.39 is 0 Å². The maximum absolute atomic E-state index is 11.1. The fourth-order valence-electron chi connectivity index (χ4n) is 1.35. The second-order valence-electron chi connectivity index (χ2n) is 3.70. The molecule has 6 heteroatoms. The van der Waals surface area contributed by atoms with Crippen LogP contribution in [0.4, 0.5) is 5.82 Å². The standard InChI is InChI=1S/C10H17N5O/c1-7-4-8(11)14-9(13-7)5-15(3)6-10(16)12-2/h4H,5-6H2,1-3H3,(H,12,16)(H2,11,13,14). The van der Waals surface area contributed by atoms with Crippen LogP contribution < -0.4 is 11.1 Å². The predicted molar refractivity (Wildman–Crippen MR) is 61.6 cm³/mol. The zero-order valence-corrected chi connectivity index (χ0v) is 9.82. The highest BCUT2D eigenvalue weighted by Crippen LogP contribution is 2.03. The molecule has 88 valence electrons. The van der Waals surface area contributed by atoms with Crippen molar-refractivity contribution in [1.82, 2.24) is 20.2 Å². The Hall–Kier alpha value is -1.69. The summed E-state index contributed by atoms with van der Waals surface area (Å²) in [4.78, 5) is 21.3. The van der Waals surface area contributed by atoms with Gasteiger partial charge in [-0.1, -0.05) is 0 Å². The van der Waals surface area contributed by atoms with E-state index in [-0.39, 0.29) is 5.91 Å². The number of hydrogen-bond acceptors (Lipinski definition) is 5. The molecular weight excluding hydrogens is 206 g/mol. The number of amides is 1. The average molecular weight is 223 g/mol. The molecule has 1 aromatic heterocycles. The zero-order chi connectivity index (χ0) is 12.1. The highest BCUT2D eigenvalue weighted by atomic mass is 16.1. The lowest BCUT2D eigenvalue weighted by molar-refractivity contribution is -0.121. The van der Waals surface area contributed by atoms with Crippen molar-refractivity contribution in [2.24, 2.45) is 0 Å². The fourth-order valence-corrected chi connectivity index (χ4v) is 1.35. The van der Waals surface area contributed by atoms with Crippen molar-refractivity contribution < 1.29 is 4.79 Å². The van der Waals surface area contributed by atoms with E-state index >= 15 is 0 Å². The van der Waals surface area contributed by atoms with E-state index in [0.29, 0.717) is 24.7 Å². The molecule has 1 aromatic rings. The van der Waals surface area contributed by atoms with Gasteiger partial charge in [-0.3, -0.25) is 9.69 Å². The van der Waals surface area contributed by atoms with E-state index in [1.165, 1.54) is 0 Å². The summed E-state index contributed by atoms with van der Waals surface area (Å²) in [6.45, 7) is 2.67. The van der Waals surface area contributed by atoms with E-state index in [4.69, 9.17) is 5.73 Å². The van der Waals surface area contributed by atoms with Crippen LogP contribution >= 0.6 is 0 Å². The first-order valence-corrected chi connectivity index (χ1v) is 5.00. The number of nitrogens with two attached hydrogens (primary N) is 1. The van der Waals surface area contributed by atoms with E-state index in [2.05, 4.69) is 15.3 Å². The SMILES string of the molecule is CNC(=O)CN(C)Cc1nc(C)cc(N)n1. The van der Waals surface area contributed by atoms with Gasteiger partial charge in [-0.05, 0) is 14.0 Å². The molecule has 3 N–H and O–H groups in total. The number of nitrogens with one attached hydrogen (secondary N) is 1. The summed E-state index contributed by atoms with van der Waals surface area (Å²) >= 11 is 0. The first-order chi connectivity index (χ1) is 7.51. The summed E-state index contributed by atoms with van der Waals surface area (Å²) in [5.74, 6) is 1.04. The van der Waals surface area contributed by atoms with Crippen LogP contribution in [0.2, 0.25) is 0 Å². The largest absolute Gasteiger partial charge is 0.384 e. The molecule has 0 saturated carbocycles. The lowest BCUT2D eigenvalue weighted by Crippen LogP contribution is -2.33. The topological polar surface area (TPSA) is 84.1 Å². The molecule has 1 rings (SSSR count). The lowest BCUT2D eigenvalue weighted by atomic mass is 10.4. The summed E-state index contributed by atoms with van der Waals surface area (Å²) in [6, 6.07) is 1.71. The van der Waals surface area contributed by atoms with Crippen LogP contribution in [-0.4, -0.2) is 41.4 Å². The fraction of sp³-hybridized carbons (Fsp3) is 0.500. The highest BCUT2D eigenvalue weighted by Gasteiger charge is 2.07. The van der Waals surface area contributed by atoms with Crippen molar-refractivity contribution >= 4 is 11.7 Å². The number of anilines is 1. The molecule has 0 spiro atoms. The molecule has 0 saturated heterocycles. The van der Waals surface area contributed by atoms with Crippen molar-refractivity contribution in [2.75, 3.05) is 26.4 Å². The van der Waals surface area contributed by atoms with Crippen LogP contribution in [0.5, 0.6) is 0 Å². The number of hydrogen-bond donors (Lipinski definition) is 2. The van der Waals surface area contributed by atoms with Crippen molar-refractivity contribution in [1.29, 1.82) is 0 Å². The summed E-state index contributed by atoms with van der Waals surface area (Å²) < 4.78 is 0. The second kappa shape index (κ2) is 5.41. The predicted octanol–water partition coefficient (Wildman–Crippen LogP) is -0.455. The number of rotatable bonds is 4. The van der Waals surface area contributed by atoms with Gasteiger partial charge >= 0.3 is 0 Å². The van der Waals surface area contributed by atoms with Crippen molar-refractivity contribution in [3.05, 3.63) is 17.6 Å². The van der Waals surface area contributed by atoms with E-state index in [9.17, 15) is 4.79 Å². The third-order valence-electron chi connectivity index (χ3n) is 2.02. The highest BCUT2D eigenvalue weighted by molar-refractivity contribution is 5.77. The van der Waals surface area contributed by atoms with Gasteiger partial charge in [-0.25, -0.2) is 9.97 Å².